The molecule has 0 fully saturated rings. The Balaban J connectivity index is 2.04. The number of aryl methyl sites for hydroxylation is 2. The number of aromatic nitrogens is 1. The molecule has 84 valence electrons. The first-order valence-corrected chi connectivity index (χ1v) is 5.55. The van der Waals surface area contributed by atoms with Crippen LogP contribution in [0.15, 0.2) is 28.8 Å². The summed E-state index contributed by atoms with van der Waals surface area (Å²) >= 11 is 11.9. The van der Waals surface area contributed by atoms with Gasteiger partial charge in [-0.1, -0.05) is 29.3 Å². The van der Waals surface area contributed by atoms with Crippen molar-refractivity contribution in [2.45, 2.75) is 12.8 Å². The molecule has 0 saturated heterocycles. The average molecular weight is 257 g/mol. The summed E-state index contributed by atoms with van der Waals surface area (Å²) in [5.74, 6) is 0.753. The van der Waals surface area contributed by atoms with Gasteiger partial charge in [0.05, 0.1) is 6.20 Å². The maximum Gasteiger partial charge on any atom is 0.292 e. The fourth-order valence-corrected chi connectivity index (χ4v) is 1.92. The summed E-state index contributed by atoms with van der Waals surface area (Å²) in [6.07, 6.45) is 3.11. The summed E-state index contributed by atoms with van der Waals surface area (Å²) in [5.41, 5.74) is 6.40. The molecule has 2 N–H and O–H groups in total. The van der Waals surface area contributed by atoms with Gasteiger partial charge in [0.2, 0.25) is 0 Å². The van der Waals surface area contributed by atoms with Crippen LogP contribution in [-0.2, 0) is 12.8 Å². The minimum atomic E-state index is 0.192. The van der Waals surface area contributed by atoms with Gasteiger partial charge in [-0.25, -0.2) is 4.98 Å². The Kier molecular flexibility index (Phi) is 3.36. The lowest BCUT2D eigenvalue weighted by atomic mass is 10.1. The monoisotopic (exact) mass is 256 g/mol. The zero-order chi connectivity index (χ0) is 11.5. The summed E-state index contributed by atoms with van der Waals surface area (Å²) < 4.78 is 5.17. The van der Waals surface area contributed by atoms with Crippen LogP contribution in [0.1, 0.15) is 11.3 Å². The fraction of sp³-hybridized carbons (Fsp3) is 0.182. The number of nitrogens with two attached hydrogens (primary N) is 1. The van der Waals surface area contributed by atoms with Crippen molar-refractivity contribution >= 4 is 29.2 Å². The molecule has 1 aromatic carbocycles. The van der Waals surface area contributed by atoms with E-state index in [0.29, 0.717) is 16.5 Å². The van der Waals surface area contributed by atoms with Gasteiger partial charge in [0.25, 0.3) is 6.01 Å². The fourth-order valence-electron chi connectivity index (χ4n) is 1.42. The van der Waals surface area contributed by atoms with Crippen LogP contribution in [0.4, 0.5) is 6.01 Å². The molecular formula is C11H10Cl2N2O. The molecule has 16 heavy (non-hydrogen) atoms. The Morgan fingerprint density at radius 2 is 2.06 bits per heavy atom. The minimum absolute atomic E-state index is 0.192. The van der Waals surface area contributed by atoms with Crippen molar-refractivity contribution in [2.24, 2.45) is 0 Å². The molecular weight excluding hydrogens is 247 g/mol. The second-order valence-electron chi connectivity index (χ2n) is 3.40. The van der Waals surface area contributed by atoms with E-state index in [-0.39, 0.29) is 6.01 Å². The van der Waals surface area contributed by atoms with Gasteiger partial charge in [0, 0.05) is 16.5 Å². The van der Waals surface area contributed by atoms with Gasteiger partial charge in [0.1, 0.15) is 5.76 Å². The Morgan fingerprint density at radius 1 is 1.25 bits per heavy atom. The molecule has 2 aromatic rings. The van der Waals surface area contributed by atoms with E-state index in [9.17, 15) is 0 Å². The van der Waals surface area contributed by atoms with Crippen molar-refractivity contribution in [3.8, 4) is 0 Å². The van der Waals surface area contributed by atoms with E-state index in [0.717, 1.165) is 17.7 Å². The van der Waals surface area contributed by atoms with Crippen molar-refractivity contribution < 1.29 is 4.42 Å². The first kappa shape index (κ1) is 11.3. The molecule has 2 rings (SSSR count). The van der Waals surface area contributed by atoms with E-state index in [4.69, 9.17) is 33.4 Å². The number of rotatable bonds is 3. The third kappa shape index (κ3) is 2.68. The maximum absolute atomic E-state index is 6.05. The smallest absolute Gasteiger partial charge is 0.292 e. The molecule has 0 radical (unpaired) electrons. The van der Waals surface area contributed by atoms with Gasteiger partial charge >= 0.3 is 0 Å². The normalized spacial score (nSPS) is 10.6. The molecule has 0 unspecified atom stereocenters. The summed E-state index contributed by atoms with van der Waals surface area (Å²) in [5, 5.41) is 1.30. The highest BCUT2D eigenvalue weighted by Gasteiger charge is 2.04. The largest absolute Gasteiger partial charge is 0.429 e. The topological polar surface area (TPSA) is 52.0 Å². The molecule has 1 aromatic heterocycles. The number of nitrogen functional groups attached to an aromatic ring is 1. The van der Waals surface area contributed by atoms with Crippen molar-refractivity contribution in [3.63, 3.8) is 0 Å². The summed E-state index contributed by atoms with van der Waals surface area (Å²) in [6, 6.07) is 5.65. The minimum Gasteiger partial charge on any atom is -0.429 e. The maximum atomic E-state index is 6.05. The molecule has 0 amide bonds. The zero-order valence-corrected chi connectivity index (χ0v) is 9.92. The van der Waals surface area contributed by atoms with Crippen LogP contribution in [0.3, 0.4) is 0 Å². The van der Waals surface area contributed by atoms with Gasteiger partial charge in [-0.05, 0) is 24.1 Å². The predicted molar refractivity (Wildman–Crippen MR) is 64.8 cm³/mol. The van der Waals surface area contributed by atoms with Crippen molar-refractivity contribution in [1.29, 1.82) is 0 Å². The summed E-state index contributed by atoms with van der Waals surface area (Å²) in [4.78, 5) is 3.82. The van der Waals surface area contributed by atoms with Gasteiger partial charge in [-0.3, -0.25) is 0 Å². The quantitative estimate of drug-likeness (QED) is 0.917. The molecule has 1 heterocycles. The van der Waals surface area contributed by atoms with Gasteiger partial charge in [0.15, 0.2) is 0 Å². The van der Waals surface area contributed by atoms with E-state index in [2.05, 4.69) is 4.98 Å². The number of hydrogen-bond acceptors (Lipinski definition) is 3. The lowest BCUT2D eigenvalue weighted by Gasteiger charge is -2.02. The number of nitrogens with zero attached hydrogens (tertiary/aromatic N) is 1. The number of anilines is 1. The first-order valence-electron chi connectivity index (χ1n) is 4.79. The number of halogens is 2. The molecule has 0 saturated carbocycles. The van der Waals surface area contributed by atoms with Gasteiger partial charge < -0.3 is 10.2 Å². The Labute approximate surface area is 103 Å². The molecule has 0 aliphatic heterocycles. The predicted octanol–water partition coefficient (Wildman–Crippen LogP) is 3.35. The molecule has 0 spiro atoms. The number of benzene rings is 1. The van der Waals surface area contributed by atoms with Crippen LogP contribution in [0, 0.1) is 0 Å². The van der Waals surface area contributed by atoms with Crippen LogP contribution in [-0.4, -0.2) is 4.98 Å². The molecule has 0 aliphatic rings. The highest BCUT2D eigenvalue weighted by atomic mass is 35.5. The third-order valence-corrected chi connectivity index (χ3v) is 2.81. The summed E-state index contributed by atoms with van der Waals surface area (Å²) in [6.45, 7) is 0. The van der Waals surface area contributed by atoms with Gasteiger partial charge in [-0.2, -0.15) is 0 Å². The molecule has 0 atom stereocenters. The van der Waals surface area contributed by atoms with E-state index in [1.54, 1.807) is 12.3 Å². The molecule has 5 heteroatoms. The van der Waals surface area contributed by atoms with Crippen molar-refractivity contribution in [2.75, 3.05) is 5.73 Å². The number of oxazole rings is 1. The third-order valence-electron chi connectivity index (χ3n) is 2.23. The first-order chi connectivity index (χ1) is 7.65. The Bertz CT molecular complexity index is 496. The zero-order valence-electron chi connectivity index (χ0n) is 8.41. The lowest BCUT2D eigenvalue weighted by molar-refractivity contribution is 0.522. The van der Waals surface area contributed by atoms with Crippen LogP contribution in [0.5, 0.6) is 0 Å². The summed E-state index contributed by atoms with van der Waals surface area (Å²) in [7, 11) is 0. The van der Waals surface area contributed by atoms with Crippen LogP contribution >= 0.6 is 23.2 Å². The second-order valence-corrected chi connectivity index (χ2v) is 4.24. The Hall–Kier alpha value is -1.19. The second kappa shape index (κ2) is 4.76. The lowest BCUT2D eigenvalue weighted by Crippen LogP contribution is -1.91. The van der Waals surface area contributed by atoms with E-state index in [1.165, 1.54) is 0 Å². The SMILES string of the molecule is Nc1ncc(CCc2ccc(Cl)cc2Cl)o1. The molecule has 0 bridgehead atoms. The van der Waals surface area contributed by atoms with Crippen molar-refractivity contribution in [3.05, 3.63) is 45.8 Å². The molecule has 0 aliphatic carbocycles. The van der Waals surface area contributed by atoms with E-state index < -0.39 is 0 Å². The highest BCUT2D eigenvalue weighted by Crippen LogP contribution is 2.22. The highest BCUT2D eigenvalue weighted by molar-refractivity contribution is 6.35. The Morgan fingerprint density at radius 3 is 2.69 bits per heavy atom. The van der Waals surface area contributed by atoms with E-state index in [1.807, 2.05) is 12.1 Å². The van der Waals surface area contributed by atoms with Crippen LogP contribution in [0.2, 0.25) is 10.0 Å². The standard InChI is InChI=1S/C11H10Cl2N2O/c12-8-3-1-7(10(13)5-8)2-4-9-6-15-11(14)16-9/h1,3,5-6H,2,4H2,(H2,14,15). The van der Waals surface area contributed by atoms with Crippen LogP contribution in [0.25, 0.3) is 0 Å². The van der Waals surface area contributed by atoms with Gasteiger partial charge in [-0.15, -0.1) is 0 Å². The van der Waals surface area contributed by atoms with E-state index >= 15 is 0 Å². The van der Waals surface area contributed by atoms with Crippen molar-refractivity contribution in [1.82, 2.24) is 4.98 Å². The number of hydrogen-bond donors (Lipinski definition) is 1. The van der Waals surface area contributed by atoms with Crippen LogP contribution < -0.4 is 5.73 Å². The molecule has 3 nitrogen and oxygen atoms in total. The average Bonchev–Trinajstić information content (AvgIpc) is 2.63.